The van der Waals surface area contributed by atoms with E-state index in [9.17, 15) is 0 Å². The summed E-state index contributed by atoms with van der Waals surface area (Å²) in [7, 11) is 0. The van der Waals surface area contributed by atoms with Crippen LogP contribution in [-0.2, 0) is 6.42 Å². The molecule has 1 atom stereocenters. The van der Waals surface area contributed by atoms with E-state index < -0.39 is 0 Å². The Bertz CT molecular complexity index is 182. The first-order valence-electron chi connectivity index (χ1n) is 3.43. The molecule has 0 aromatic carbocycles. The van der Waals surface area contributed by atoms with Crippen LogP contribution >= 0.6 is 0 Å². The van der Waals surface area contributed by atoms with Crippen molar-refractivity contribution in [1.29, 1.82) is 0 Å². The second-order valence-electron chi connectivity index (χ2n) is 2.54. The zero-order valence-corrected chi connectivity index (χ0v) is 6.12. The van der Waals surface area contributed by atoms with Crippen molar-refractivity contribution in [2.24, 2.45) is 5.73 Å². The topological polar surface area (TPSA) is 38.9 Å². The van der Waals surface area contributed by atoms with Gasteiger partial charge in [0.05, 0.1) is 0 Å². The molecule has 0 saturated carbocycles. The molecule has 0 aliphatic heterocycles. The summed E-state index contributed by atoms with van der Waals surface area (Å²) < 4.78 is 0. The number of hydrogen-bond acceptors (Lipinski definition) is 2. The van der Waals surface area contributed by atoms with Crippen molar-refractivity contribution < 1.29 is 0 Å². The lowest BCUT2D eigenvalue weighted by Gasteiger charge is -2.02. The molecule has 1 heterocycles. The van der Waals surface area contributed by atoms with Crippen LogP contribution in [-0.4, -0.2) is 11.0 Å². The minimum atomic E-state index is 0.226. The summed E-state index contributed by atoms with van der Waals surface area (Å²) in [5.74, 6) is 0. The predicted octanol–water partition coefficient (Wildman–Crippen LogP) is 0.971. The predicted molar refractivity (Wildman–Crippen MR) is 41.6 cm³/mol. The van der Waals surface area contributed by atoms with E-state index in [0.29, 0.717) is 0 Å². The normalized spacial score (nSPS) is 13.0. The number of nitrogens with zero attached hydrogens (tertiary/aromatic N) is 1. The minimum Gasteiger partial charge on any atom is -0.328 e. The van der Waals surface area contributed by atoms with Crippen LogP contribution in [0.2, 0.25) is 0 Å². The van der Waals surface area contributed by atoms with Gasteiger partial charge in [-0.3, -0.25) is 4.98 Å². The monoisotopic (exact) mass is 136 g/mol. The first-order chi connectivity index (χ1) is 4.79. The molecule has 0 spiro atoms. The molecule has 54 valence electrons. The van der Waals surface area contributed by atoms with Crippen LogP contribution in [0.15, 0.2) is 24.5 Å². The molecule has 0 amide bonds. The van der Waals surface area contributed by atoms with E-state index in [1.807, 2.05) is 25.3 Å². The first kappa shape index (κ1) is 7.22. The molecule has 1 unspecified atom stereocenters. The Balaban J connectivity index is 2.59. The quantitative estimate of drug-likeness (QED) is 0.658. The second kappa shape index (κ2) is 3.32. The van der Waals surface area contributed by atoms with Crippen LogP contribution in [0.4, 0.5) is 0 Å². The van der Waals surface area contributed by atoms with Crippen molar-refractivity contribution in [1.82, 2.24) is 4.98 Å². The largest absolute Gasteiger partial charge is 0.328 e. The third kappa shape index (κ3) is 2.15. The zero-order chi connectivity index (χ0) is 7.40. The molecule has 1 aromatic heterocycles. The summed E-state index contributed by atoms with van der Waals surface area (Å²) in [6.07, 6.45) is 4.53. The van der Waals surface area contributed by atoms with Crippen LogP contribution in [0.25, 0.3) is 0 Å². The SMILES string of the molecule is CC(N)Cc1cccnc1. The lowest BCUT2D eigenvalue weighted by Crippen LogP contribution is -2.17. The molecule has 0 bridgehead atoms. The molecular formula is C8H12N2. The molecule has 2 heteroatoms. The number of hydrogen-bond donors (Lipinski definition) is 1. The van der Waals surface area contributed by atoms with Gasteiger partial charge in [-0.2, -0.15) is 0 Å². The molecule has 2 nitrogen and oxygen atoms in total. The van der Waals surface area contributed by atoms with Gasteiger partial charge in [-0.05, 0) is 25.0 Å². The fourth-order valence-electron chi connectivity index (χ4n) is 0.891. The van der Waals surface area contributed by atoms with Gasteiger partial charge in [-0.15, -0.1) is 0 Å². The van der Waals surface area contributed by atoms with Gasteiger partial charge in [0.2, 0.25) is 0 Å². The Morgan fingerprint density at radius 1 is 1.70 bits per heavy atom. The van der Waals surface area contributed by atoms with Crippen molar-refractivity contribution in [2.45, 2.75) is 19.4 Å². The van der Waals surface area contributed by atoms with Gasteiger partial charge < -0.3 is 5.73 Å². The fraction of sp³-hybridized carbons (Fsp3) is 0.375. The molecule has 0 saturated heterocycles. The van der Waals surface area contributed by atoms with Crippen LogP contribution in [0.5, 0.6) is 0 Å². The minimum absolute atomic E-state index is 0.226. The van der Waals surface area contributed by atoms with Crippen molar-refractivity contribution in [3.63, 3.8) is 0 Å². The molecule has 0 aliphatic rings. The molecule has 0 radical (unpaired) electrons. The summed E-state index contributed by atoms with van der Waals surface area (Å²) >= 11 is 0. The van der Waals surface area contributed by atoms with Crippen molar-refractivity contribution >= 4 is 0 Å². The maximum absolute atomic E-state index is 5.60. The summed E-state index contributed by atoms with van der Waals surface area (Å²) in [6.45, 7) is 1.99. The Morgan fingerprint density at radius 2 is 2.50 bits per heavy atom. The Labute approximate surface area is 61.1 Å². The van der Waals surface area contributed by atoms with Crippen LogP contribution < -0.4 is 5.73 Å². The molecule has 10 heavy (non-hydrogen) atoms. The Hall–Kier alpha value is -0.890. The van der Waals surface area contributed by atoms with Gasteiger partial charge in [0.25, 0.3) is 0 Å². The van der Waals surface area contributed by atoms with Gasteiger partial charge in [-0.1, -0.05) is 6.07 Å². The standard InChI is InChI=1S/C8H12N2/c1-7(9)5-8-3-2-4-10-6-8/h2-4,6-7H,5,9H2,1H3. The molecule has 1 rings (SSSR count). The van der Waals surface area contributed by atoms with E-state index >= 15 is 0 Å². The van der Waals surface area contributed by atoms with E-state index in [-0.39, 0.29) is 6.04 Å². The van der Waals surface area contributed by atoms with Gasteiger partial charge in [0.15, 0.2) is 0 Å². The van der Waals surface area contributed by atoms with Crippen molar-refractivity contribution in [3.8, 4) is 0 Å². The number of aromatic nitrogens is 1. The highest BCUT2D eigenvalue weighted by Crippen LogP contribution is 1.98. The smallest absolute Gasteiger partial charge is 0.0300 e. The highest BCUT2D eigenvalue weighted by atomic mass is 14.6. The maximum atomic E-state index is 5.60. The summed E-state index contributed by atoms with van der Waals surface area (Å²) in [4.78, 5) is 3.98. The summed E-state index contributed by atoms with van der Waals surface area (Å²) in [5, 5.41) is 0. The number of nitrogens with two attached hydrogens (primary N) is 1. The van der Waals surface area contributed by atoms with E-state index in [0.717, 1.165) is 6.42 Å². The second-order valence-corrected chi connectivity index (χ2v) is 2.54. The van der Waals surface area contributed by atoms with Crippen LogP contribution in [0, 0.1) is 0 Å². The van der Waals surface area contributed by atoms with Crippen molar-refractivity contribution in [3.05, 3.63) is 30.1 Å². The van der Waals surface area contributed by atoms with E-state index in [1.54, 1.807) is 6.20 Å². The van der Waals surface area contributed by atoms with Gasteiger partial charge in [-0.25, -0.2) is 0 Å². The molecule has 0 aliphatic carbocycles. The van der Waals surface area contributed by atoms with Crippen LogP contribution in [0.1, 0.15) is 12.5 Å². The number of pyridine rings is 1. The van der Waals surface area contributed by atoms with E-state index in [4.69, 9.17) is 5.73 Å². The fourth-order valence-corrected chi connectivity index (χ4v) is 0.891. The molecular weight excluding hydrogens is 124 g/mol. The summed E-state index contributed by atoms with van der Waals surface area (Å²) in [6, 6.07) is 4.19. The van der Waals surface area contributed by atoms with Crippen molar-refractivity contribution in [2.75, 3.05) is 0 Å². The van der Waals surface area contributed by atoms with Gasteiger partial charge in [0.1, 0.15) is 0 Å². The summed E-state index contributed by atoms with van der Waals surface area (Å²) in [5.41, 5.74) is 6.80. The van der Waals surface area contributed by atoms with Crippen LogP contribution in [0.3, 0.4) is 0 Å². The Morgan fingerprint density at radius 3 is 3.00 bits per heavy atom. The van der Waals surface area contributed by atoms with E-state index in [1.165, 1.54) is 5.56 Å². The molecule has 2 N–H and O–H groups in total. The average molecular weight is 136 g/mol. The van der Waals surface area contributed by atoms with Gasteiger partial charge >= 0.3 is 0 Å². The van der Waals surface area contributed by atoms with E-state index in [2.05, 4.69) is 4.98 Å². The average Bonchev–Trinajstić information content (AvgIpc) is 1.88. The lowest BCUT2D eigenvalue weighted by atomic mass is 10.1. The van der Waals surface area contributed by atoms with Gasteiger partial charge in [0, 0.05) is 18.4 Å². The third-order valence-electron chi connectivity index (χ3n) is 1.28. The highest BCUT2D eigenvalue weighted by Gasteiger charge is 1.94. The lowest BCUT2D eigenvalue weighted by molar-refractivity contribution is 0.736. The first-order valence-corrected chi connectivity index (χ1v) is 3.43. The highest BCUT2D eigenvalue weighted by molar-refractivity contribution is 5.09. The molecule has 1 aromatic rings. The Kier molecular flexibility index (Phi) is 2.40. The third-order valence-corrected chi connectivity index (χ3v) is 1.28. The maximum Gasteiger partial charge on any atom is 0.0300 e. The zero-order valence-electron chi connectivity index (χ0n) is 6.12. The number of rotatable bonds is 2. The molecule has 0 fully saturated rings.